The van der Waals surface area contributed by atoms with Crippen molar-refractivity contribution in [2.45, 2.75) is 37.5 Å². The van der Waals surface area contributed by atoms with E-state index in [1.54, 1.807) is 0 Å². The Morgan fingerprint density at radius 1 is 0.440 bits per heavy atom. The molecule has 1 heterocycles. The minimum atomic E-state index is -0.0485. The Labute approximate surface area is 293 Å². The molecule has 0 unspecified atom stereocenters. The topological polar surface area (TPSA) is 49.6 Å². The van der Waals surface area contributed by atoms with Crippen molar-refractivity contribution in [3.63, 3.8) is 0 Å². The lowest BCUT2D eigenvalue weighted by atomic mass is 9.67. The summed E-state index contributed by atoms with van der Waals surface area (Å²) in [6.45, 7) is 0. The van der Waals surface area contributed by atoms with Gasteiger partial charge in [-0.05, 0) is 87.7 Å². The number of fused-ring (bicyclic) bond motifs is 5. The van der Waals surface area contributed by atoms with Crippen molar-refractivity contribution in [3.8, 4) is 73.4 Å². The van der Waals surface area contributed by atoms with Crippen LogP contribution in [-0.4, -0.2) is 9.97 Å². The molecule has 0 amide bonds. The number of rotatable bonds is 5. The first-order valence-corrected chi connectivity index (χ1v) is 17.6. The fourth-order valence-corrected chi connectivity index (χ4v) is 8.32. The van der Waals surface area contributed by atoms with Gasteiger partial charge in [0.1, 0.15) is 0 Å². The second-order valence-electron chi connectivity index (χ2n) is 13.6. The average Bonchev–Trinajstić information content (AvgIpc) is 3.45. The lowest BCUT2D eigenvalue weighted by Crippen LogP contribution is -2.28. The maximum atomic E-state index is 9.79. The van der Waals surface area contributed by atoms with Crippen LogP contribution in [0.15, 0.2) is 152 Å². The number of hydrogen-bond donors (Lipinski definition) is 0. The Morgan fingerprint density at radius 3 is 1.82 bits per heavy atom. The van der Waals surface area contributed by atoms with E-state index in [4.69, 9.17) is 9.97 Å². The molecule has 0 aliphatic heterocycles. The van der Waals surface area contributed by atoms with E-state index >= 15 is 0 Å². The molecule has 0 N–H and O–H groups in total. The molecule has 2 aliphatic carbocycles. The van der Waals surface area contributed by atoms with Gasteiger partial charge in [0.05, 0.1) is 23.0 Å². The average molecular weight is 642 g/mol. The molecule has 9 rings (SSSR count). The Balaban J connectivity index is 1.20. The van der Waals surface area contributed by atoms with E-state index in [0.717, 1.165) is 57.6 Å². The summed E-state index contributed by atoms with van der Waals surface area (Å²) in [5, 5.41) is 9.79. The molecule has 0 saturated heterocycles. The standard InChI is InChI=1S/C47H35N3/c48-31-32-21-23-39-40-24-22-36(29-43(40)47(42(39)27-32)25-10-3-11-26-47)38-19-8-9-20-41(38)45-30-44(49-46(50-45)34-15-6-2-7-16-34)37-18-12-17-35(28-37)33-13-4-1-5-14-33/h1-2,4-9,12-24,27-30H,3,10-11,25-26H2. The van der Waals surface area contributed by atoms with Crippen molar-refractivity contribution in [3.05, 3.63) is 168 Å². The third kappa shape index (κ3) is 5.13. The van der Waals surface area contributed by atoms with Crippen molar-refractivity contribution < 1.29 is 0 Å². The van der Waals surface area contributed by atoms with Gasteiger partial charge in [0, 0.05) is 22.1 Å². The zero-order valence-corrected chi connectivity index (χ0v) is 27.8. The van der Waals surface area contributed by atoms with Gasteiger partial charge in [-0.2, -0.15) is 5.26 Å². The molecular formula is C47H35N3. The predicted octanol–water partition coefficient (Wildman–Crippen LogP) is 11.9. The van der Waals surface area contributed by atoms with Crippen LogP contribution in [0.4, 0.5) is 0 Å². The summed E-state index contributed by atoms with van der Waals surface area (Å²) in [5.74, 6) is 0.705. The molecule has 0 radical (unpaired) electrons. The van der Waals surface area contributed by atoms with Gasteiger partial charge in [-0.1, -0.05) is 141 Å². The first-order valence-electron chi connectivity index (χ1n) is 17.6. The smallest absolute Gasteiger partial charge is 0.160 e. The van der Waals surface area contributed by atoms with Gasteiger partial charge in [-0.15, -0.1) is 0 Å². The number of nitrogens with zero attached hydrogens (tertiary/aromatic N) is 3. The molecule has 0 atom stereocenters. The molecule has 1 fully saturated rings. The number of aromatic nitrogens is 2. The number of benzene rings is 6. The first kappa shape index (κ1) is 30.0. The van der Waals surface area contributed by atoms with Crippen molar-refractivity contribution in [2.75, 3.05) is 0 Å². The van der Waals surface area contributed by atoms with Gasteiger partial charge in [0.15, 0.2) is 5.82 Å². The predicted molar refractivity (Wildman–Crippen MR) is 203 cm³/mol. The van der Waals surface area contributed by atoms with Crippen molar-refractivity contribution in [1.82, 2.24) is 9.97 Å². The van der Waals surface area contributed by atoms with Crippen LogP contribution in [0.25, 0.3) is 67.3 Å². The highest BCUT2D eigenvalue weighted by molar-refractivity contribution is 5.89. The second-order valence-corrected chi connectivity index (χ2v) is 13.6. The molecule has 1 saturated carbocycles. The van der Waals surface area contributed by atoms with Crippen molar-refractivity contribution in [1.29, 1.82) is 5.26 Å². The fourth-order valence-electron chi connectivity index (χ4n) is 8.32. The summed E-state index contributed by atoms with van der Waals surface area (Å²) >= 11 is 0. The molecule has 1 spiro atoms. The van der Waals surface area contributed by atoms with Crippen LogP contribution in [0.5, 0.6) is 0 Å². The lowest BCUT2D eigenvalue weighted by molar-refractivity contribution is 0.353. The minimum Gasteiger partial charge on any atom is -0.228 e. The van der Waals surface area contributed by atoms with Crippen LogP contribution in [-0.2, 0) is 5.41 Å². The maximum absolute atomic E-state index is 9.79. The van der Waals surface area contributed by atoms with Gasteiger partial charge >= 0.3 is 0 Å². The Kier molecular flexibility index (Phi) is 7.44. The highest BCUT2D eigenvalue weighted by Crippen LogP contribution is 2.56. The van der Waals surface area contributed by atoms with Crippen LogP contribution in [0, 0.1) is 11.3 Å². The summed E-state index contributed by atoms with van der Waals surface area (Å²) in [6.07, 6.45) is 5.90. The molecule has 6 aromatic carbocycles. The molecule has 1 aromatic heterocycles. The maximum Gasteiger partial charge on any atom is 0.160 e. The molecule has 50 heavy (non-hydrogen) atoms. The Bertz CT molecular complexity index is 2410. The Hall–Kier alpha value is -6.11. The third-order valence-electron chi connectivity index (χ3n) is 10.7. The largest absolute Gasteiger partial charge is 0.228 e. The van der Waals surface area contributed by atoms with Crippen LogP contribution in [0.1, 0.15) is 48.8 Å². The van der Waals surface area contributed by atoms with Gasteiger partial charge in [-0.3, -0.25) is 0 Å². The molecule has 2 aliphatic rings. The first-order chi connectivity index (χ1) is 24.7. The van der Waals surface area contributed by atoms with Crippen LogP contribution < -0.4 is 0 Å². The highest BCUT2D eigenvalue weighted by atomic mass is 14.9. The van der Waals surface area contributed by atoms with E-state index in [0.29, 0.717) is 5.82 Å². The van der Waals surface area contributed by atoms with E-state index in [-0.39, 0.29) is 5.41 Å². The molecule has 3 heteroatoms. The Morgan fingerprint density at radius 2 is 1.06 bits per heavy atom. The number of nitriles is 1. The third-order valence-corrected chi connectivity index (χ3v) is 10.7. The van der Waals surface area contributed by atoms with Crippen LogP contribution in [0.3, 0.4) is 0 Å². The van der Waals surface area contributed by atoms with Gasteiger partial charge in [0.25, 0.3) is 0 Å². The molecule has 238 valence electrons. The zero-order valence-electron chi connectivity index (χ0n) is 27.8. The molecule has 3 nitrogen and oxygen atoms in total. The van der Waals surface area contributed by atoms with Crippen molar-refractivity contribution in [2.24, 2.45) is 0 Å². The molecule has 7 aromatic rings. The SMILES string of the molecule is N#Cc1ccc2c(c1)C1(CCCCC1)c1cc(-c3ccccc3-c3cc(-c4cccc(-c5ccccc5)c4)nc(-c4ccccc4)n3)ccc1-2. The summed E-state index contributed by atoms with van der Waals surface area (Å²) in [5.41, 5.74) is 15.6. The van der Waals surface area contributed by atoms with Gasteiger partial charge < -0.3 is 0 Å². The zero-order chi connectivity index (χ0) is 33.5. The van der Waals surface area contributed by atoms with E-state index in [2.05, 4.69) is 127 Å². The van der Waals surface area contributed by atoms with Gasteiger partial charge in [0.2, 0.25) is 0 Å². The van der Waals surface area contributed by atoms with Crippen LogP contribution >= 0.6 is 0 Å². The van der Waals surface area contributed by atoms with E-state index in [1.807, 2.05) is 30.3 Å². The highest BCUT2D eigenvalue weighted by Gasteiger charge is 2.44. The summed E-state index contributed by atoms with van der Waals surface area (Å²) in [7, 11) is 0. The lowest BCUT2D eigenvalue weighted by Gasteiger charge is -2.36. The fraction of sp³-hybridized carbons (Fsp3) is 0.128. The van der Waals surface area contributed by atoms with E-state index in [9.17, 15) is 5.26 Å². The quantitative estimate of drug-likeness (QED) is 0.188. The van der Waals surface area contributed by atoms with Gasteiger partial charge in [-0.25, -0.2) is 9.97 Å². The summed E-state index contributed by atoms with van der Waals surface area (Å²) in [6, 6.07) is 55.9. The normalized spacial score (nSPS) is 14.1. The minimum absolute atomic E-state index is 0.0485. The monoisotopic (exact) mass is 641 g/mol. The molecule has 0 bridgehead atoms. The summed E-state index contributed by atoms with van der Waals surface area (Å²) < 4.78 is 0. The molecular weight excluding hydrogens is 607 g/mol. The number of hydrogen-bond acceptors (Lipinski definition) is 3. The van der Waals surface area contributed by atoms with Crippen molar-refractivity contribution >= 4 is 0 Å². The van der Waals surface area contributed by atoms with E-state index < -0.39 is 0 Å². The van der Waals surface area contributed by atoms with E-state index in [1.165, 1.54) is 52.6 Å². The van der Waals surface area contributed by atoms with Crippen LogP contribution in [0.2, 0.25) is 0 Å². The second kappa shape index (κ2) is 12.4. The summed E-state index contributed by atoms with van der Waals surface area (Å²) in [4.78, 5) is 10.4.